The van der Waals surface area contributed by atoms with Crippen LogP contribution in [0.2, 0.25) is 5.02 Å². The molecule has 0 aromatic heterocycles. The summed E-state index contributed by atoms with van der Waals surface area (Å²) >= 11 is 5.88. The minimum atomic E-state index is -0.946. The van der Waals surface area contributed by atoms with E-state index in [1.54, 1.807) is 6.07 Å². The van der Waals surface area contributed by atoms with E-state index in [4.69, 9.17) is 16.7 Å². The number of aromatic carboxylic acids is 1. The molecule has 0 amide bonds. The van der Waals surface area contributed by atoms with Crippen LogP contribution in [-0.4, -0.2) is 11.1 Å². The minimum Gasteiger partial charge on any atom is -0.478 e. The summed E-state index contributed by atoms with van der Waals surface area (Å²) in [5.41, 5.74) is 2.08. The number of rotatable bonds is 3. The number of carboxylic acids is 1. The number of halogens is 1. The molecule has 14 heavy (non-hydrogen) atoms. The molecule has 0 atom stereocenters. The van der Waals surface area contributed by atoms with Crippen molar-refractivity contribution in [1.82, 2.24) is 0 Å². The maximum absolute atomic E-state index is 10.9. The second kappa shape index (κ2) is 4.47. The summed E-state index contributed by atoms with van der Waals surface area (Å²) < 4.78 is 0. The number of carboxylic acid groups (broad SMARTS) is 1. The molecule has 76 valence electrons. The van der Waals surface area contributed by atoms with E-state index >= 15 is 0 Å². The molecule has 2 nitrogen and oxygen atoms in total. The van der Waals surface area contributed by atoms with Crippen molar-refractivity contribution < 1.29 is 9.90 Å². The fraction of sp³-hybridized carbons (Fsp3) is 0.364. The SMILES string of the molecule is CCCc1cc(C)cc(Cl)c1C(=O)O. The number of carbonyl (C=O) groups is 1. The van der Waals surface area contributed by atoms with Crippen molar-refractivity contribution in [3.8, 4) is 0 Å². The standard InChI is InChI=1S/C11H13ClO2/c1-3-4-8-5-7(2)6-9(12)10(8)11(13)14/h5-6H,3-4H2,1-2H3,(H,13,14). The highest BCUT2D eigenvalue weighted by Gasteiger charge is 2.14. The molecule has 0 unspecified atom stereocenters. The molecule has 0 spiro atoms. The number of hydrogen-bond donors (Lipinski definition) is 1. The summed E-state index contributed by atoms with van der Waals surface area (Å²) in [6.45, 7) is 3.93. The lowest BCUT2D eigenvalue weighted by Crippen LogP contribution is -2.04. The van der Waals surface area contributed by atoms with Gasteiger partial charge in [0.25, 0.3) is 0 Å². The van der Waals surface area contributed by atoms with Crippen LogP contribution in [0.15, 0.2) is 12.1 Å². The first-order valence-electron chi connectivity index (χ1n) is 4.58. The molecule has 0 aliphatic heterocycles. The summed E-state index contributed by atoms with van der Waals surface area (Å²) in [5.74, 6) is -0.946. The van der Waals surface area contributed by atoms with Gasteiger partial charge in [-0.2, -0.15) is 0 Å². The van der Waals surface area contributed by atoms with Crippen molar-refractivity contribution in [2.45, 2.75) is 26.7 Å². The van der Waals surface area contributed by atoms with Crippen LogP contribution < -0.4 is 0 Å². The molecule has 1 rings (SSSR count). The first kappa shape index (κ1) is 11.1. The molecule has 0 saturated heterocycles. The van der Waals surface area contributed by atoms with Crippen molar-refractivity contribution in [3.63, 3.8) is 0 Å². The predicted octanol–water partition coefficient (Wildman–Crippen LogP) is 3.30. The van der Waals surface area contributed by atoms with Gasteiger partial charge in [-0.1, -0.05) is 31.0 Å². The number of benzene rings is 1. The zero-order valence-electron chi connectivity index (χ0n) is 8.30. The van der Waals surface area contributed by atoms with Crippen molar-refractivity contribution in [2.75, 3.05) is 0 Å². The monoisotopic (exact) mass is 212 g/mol. The first-order valence-corrected chi connectivity index (χ1v) is 4.96. The van der Waals surface area contributed by atoms with E-state index in [9.17, 15) is 4.79 Å². The van der Waals surface area contributed by atoms with Gasteiger partial charge in [0.1, 0.15) is 0 Å². The first-order chi connectivity index (χ1) is 6.56. The lowest BCUT2D eigenvalue weighted by molar-refractivity contribution is 0.0696. The van der Waals surface area contributed by atoms with Gasteiger partial charge >= 0.3 is 5.97 Å². The van der Waals surface area contributed by atoms with Crippen LogP contribution in [0.25, 0.3) is 0 Å². The molecule has 0 heterocycles. The van der Waals surface area contributed by atoms with Crippen LogP contribution in [-0.2, 0) is 6.42 Å². The lowest BCUT2D eigenvalue weighted by Gasteiger charge is -2.08. The topological polar surface area (TPSA) is 37.3 Å². The molecule has 0 aliphatic rings. The van der Waals surface area contributed by atoms with Gasteiger partial charge in [-0.15, -0.1) is 0 Å². The van der Waals surface area contributed by atoms with Gasteiger partial charge in [0.05, 0.1) is 10.6 Å². The highest BCUT2D eigenvalue weighted by Crippen LogP contribution is 2.23. The van der Waals surface area contributed by atoms with Crippen molar-refractivity contribution in [1.29, 1.82) is 0 Å². The van der Waals surface area contributed by atoms with Crippen LogP contribution in [0.5, 0.6) is 0 Å². The predicted molar refractivity (Wildman–Crippen MR) is 57.1 cm³/mol. The lowest BCUT2D eigenvalue weighted by atomic mass is 10.0. The van der Waals surface area contributed by atoms with Crippen LogP contribution in [0, 0.1) is 6.92 Å². The highest BCUT2D eigenvalue weighted by molar-refractivity contribution is 6.33. The molecule has 1 N–H and O–H groups in total. The molecule has 1 aromatic carbocycles. The summed E-state index contributed by atoms with van der Waals surface area (Å²) in [4.78, 5) is 10.9. The van der Waals surface area contributed by atoms with E-state index in [1.165, 1.54) is 0 Å². The van der Waals surface area contributed by atoms with Crippen LogP contribution in [0.4, 0.5) is 0 Å². The highest BCUT2D eigenvalue weighted by atomic mass is 35.5. The Kier molecular flexibility index (Phi) is 3.53. The minimum absolute atomic E-state index is 0.249. The van der Waals surface area contributed by atoms with Crippen molar-refractivity contribution in [3.05, 3.63) is 33.8 Å². The quantitative estimate of drug-likeness (QED) is 0.835. The van der Waals surface area contributed by atoms with Gasteiger partial charge in [0.15, 0.2) is 0 Å². The van der Waals surface area contributed by atoms with E-state index in [1.807, 2.05) is 19.9 Å². The molecule has 0 radical (unpaired) electrons. The van der Waals surface area contributed by atoms with Crippen molar-refractivity contribution in [2.24, 2.45) is 0 Å². The van der Waals surface area contributed by atoms with Gasteiger partial charge < -0.3 is 5.11 Å². The average Bonchev–Trinajstić information content (AvgIpc) is 2.01. The fourth-order valence-electron chi connectivity index (χ4n) is 1.52. The van der Waals surface area contributed by atoms with E-state index in [0.717, 1.165) is 24.0 Å². The van der Waals surface area contributed by atoms with Gasteiger partial charge in [-0.3, -0.25) is 0 Å². The Balaban J connectivity index is 3.28. The smallest absolute Gasteiger partial charge is 0.337 e. The molecule has 0 saturated carbocycles. The summed E-state index contributed by atoms with van der Waals surface area (Å²) in [6, 6.07) is 3.57. The normalized spacial score (nSPS) is 10.2. The molecule has 0 aliphatic carbocycles. The molecular weight excluding hydrogens is 200 g/mol. The summed E-state index contributed by atoms with van der Waals surface area (Å²) in [7, 11) is 0. The second-order valence-corrected chi connectivity index (χ2v) is 3.74. The fourth-order valence-corrected chi connectivity index (χ4v) is 1.89. The van der Waals surface area contributed by atoms with Crippen LogP contribution >= 0.6 is 11.6 Å². The summed E-state index contributed by atoms with van der Waals surface area (Å²) in [6.07, 6.45) is 1.67. The number of hydrogen-bond acceptors (Lipinski definition) is 1. The van der Waals surface area contributed by atoms with Gasteiger partial charge in [0, 0.05) is 0 Å². The Hall–Kier alpha value is -1.02. The maximum Gasteiger partial charge on any atom is 0.337 e. The van der Waals surface area contributed by atoms with Gasteiger partial charge in [-0.25, -0.2) is 4.79 Å². The maximum atomic E-state index is 10.9. The summed E-state index contributed by atoms with van der Waals surface area (Å²) in [5, 5.41) is 9.31. The zero-order chi connectivity index (χ0) is 10.7. The van der Waals surface area contributed by atoms with E-state index in [0.29, 0.717) is 5.02 Å². The Morgan fingerprint density at radius 1 is 1.50 bits per heavy atom. The van der Waals surface area contributed by atoms with Gasteiger partial charge in [-0.05, 0) is 30.5 Å². The Labute approximate surface area is 88.5 Å². The molecule has 1 aromatic rings. The van der Waals surface area contributed by atoms with Crippen LogP contribution in [0.1, 0.15) is 34.8 Å². The Morgan fingerprint density at radius 2 is 2.14 bits per heavy atom. The average molecular weight is 213 g/mol. The van der Waals surface area contributed by atoms with Gasteiger partial charge in [0.2, 0.25) is 0 Å². The Bertz CT molecular complexity index is 359. The van der Waals surface area contributed by atoms with E-state index in [2.05, 4.69) is 0 Å². The second-order valence-electron chi connectivity index (χ2n) is 3.34. The van der Waals surface area contributed by atoms with Crippen LogP contribution in [0.3, 0.4) is 0 Å². The van der Waals surface area contributed by atoms with E-state index < -0.39 is 5.97 Å². The van der Waals surface area contributed by atoms with E-state index in [-0.39, 0.29) is 5.56 Å². The largest absolute Gasteiger partial charge is 0.478 e. The molecule has 0 fully saturated rings. The zero-order valence-corrected chi connectivity index (χ0v) is 9.06. The third kappa shape index (κ3) is 2.26. The third-order valence-electron chi connectivity index (χ3n) is 2.05. The van der Waals surface area contributed by atoms with Crippen molar-refractivity contribution >= 4 is 17.6 Å². The number of aryl methyl sites for hydroxylation is 2. The molecular formula is C11H13ClO2. The third-order valence-corrected chi connectivity index (χ3v) is 2.35. The molecule has 0 bridgehead atoms. The molecule has 3 heteroatoms. The Morgan fingerprint density at radius 3 is 2.64 bits per heavy atom.